The van der Waals surface area contributed by atoms with Gasteiger partial charge in [-0.15, -0.1) is 24.8 Å². The Labute approximate surface area is 144 Å². The highest BCUT2D eigenvalue weighted by atomic mass is 35.5. The molecule has 1 aromatic rings. The average Bonchev–Trinajstić information content (AvgIpc) is 2.90. The maximum absolute atomic E-state index is 12.1. The van der Waals surface area contributed by atoms with Crippen LogP contribution in [0.3, 0.4) is 0 Å². The fourth-order valence-corrected chi connectivity index (χ4v) is 2.84. The number of carbonyl (C=O) groups is 1. The molecule has 0 unspecified atom stereocenters. The largest absolute Gasteiger partial charge is 0.352 e. The topological polar surface area (TPSA) is 44.4 Å². The highest BCUT2D eigenvalue weighted by molar-refractivity contribution is 5.94. The normalized spacial score (nSPS) is 18.0. The molecule has 1 amide bonds. The van der Waals surface area contributed by atoms with Crippen molar-refractivity contribution in [1.29, 1.82) is 0 Å². The molecule has 0 aromatic heterocycles. The van der Waals surface area contributed by atoms with Crippen LogP contribution in [0.25, 0.3) is 0 Å². The predicted molar refractivity (Wildman–Crippen MR) is 94.1 cm³/mol. The number of benzene rings is 1. The van der Waals surface area contributed by atoms with Crippen LogP contribution in [0, 0.1) is 5.92 Å². The molecule has 4 nitrogen and oxygen atoms in total. The van der Waals surface area contributed by atoms with E-state index in [2.05, 4.69) is 21.6 Å². The molecule has 0 bridgehead atoms. The van der Waals surface area contributed by atoms with Gasteiger partial charge in [0.1, 0.15) is 0 Å². The van der Waals surface area contributed by atoms with E-state index in [1.165, 1.54) is 31.5 Å². The van der Waals surface area contributed by atoms with Crippen molar-refractivity contribution >= 4 is 30.7 Å². The van der Waals surface area contributed by atoms with E-state index in [1.807, 2.05) is 18.2 Å². The molecule has 124 valence electrons. The van der Waals surface area contributed by atoms with E-state index in [9.17, 15) is 4.79 Å². The average molecular weight is 346 g/mol. The summed E-state index contributed by atoms with van der Waals surface area (Å²) in [7, 11) is 0. The molecular weight excluding hydrogens is 321 g/mol. The van der Waals surface area contributed by atoms with E-state index < -0.39 is 0 Å². The molecule has 2 fully saturated rings. The SMILES string of the molecule is Cl.Cl.O=C(NCC1CNC1)c1cccc(CN2CCCC2)c1. The molecule has 3 rings (SSSR count). The molecule has 2 heterocycles. The summed E-state index contributed by atoms with van der Waals surface area (Å²) in [6.45, 7) is 6.16. The highest BCUT2D eigenvalue weighted by Crippen LogP contribution is 2.14. The summed E-state index contributed by atoms with van der Waals surface area (Å²) in [6.07, 6.45) is 2.60. The first-order chi connectivity index (χ1) is 9.81. The predicted octanol–water partition coefficient (Wildman–Crippen LogP) is 2.08. The van der Waals surface area contributed by atoms with Gasteiger partial charge < -0.3 is 10.6 Å². The number of nitrogens with zero attached hydrogens (tertiary/aromatic N) is 1. The molecule has 2 N–H and O–H groups in total. The maximum atomic E-state index is 12.1. The van der Waals surface area contributed by atoms with Gasteiger partial charge in [-0.2, -0.15) is 0 Å². The summed E-state index contributed by atoms with van der Waals surface area (Å²) in [4.78, 5) is 14.6. The van der Waals surface area contributed by atoms with Gasteiger partial charge in [-0.05, 0) is 43.6 Å². The second-order valence-corrected chi connectivity index (χ2v) is 5.92. The maximum Gasteiger partial charge on any atom is 0.251 e. The highest BCUT2D eigenvalue weighted by Gasteiger charge is 2.18. The molecule has 0 radical (unpaired) electrons. The second-order valence-electron chi connectivity index (χ2n) is 5.92. The molecule has 6 heteroatoms. The van der Waals surface area contributed by atoms with E-state index in [-0.39, 0.29) is 30.7 Å². The number of rotatable bonds is 5. The van der Waals surface area contributed by atoms with Gasteiger partial charge in [0.2, 0.25) is 0 Å². The first-order valence-corrected chi connectivity index (χ1v) is 7.61. The Kier molecular flexibility index (Phi) is 8.18. The van der Waals surface area contributed by atoms with E-state index in [0.717, 1.165) is 31.7 Å². The van der Waals surface area contributed by atoms with Crippen LogP contribution in [-0.2, 0) is 6.54 Å². The molecule has 2 saturated heterocycles. The third-order valence-corrected chi connectivity index (χ3v) is 4.21. The minimum absolute atomic E-state index is 0. The Morgan fingerprint density at radius 1 is 1.23 bits per heavy atom. The number of likely N-dealkylation sites (tertiary alicyclic amines) is 1. The smallest absolute Gasteiger partial charge is 0.251 e. The van der Waals surface area contributed by atoms with Gasteiger partial charge in [-0.3, -0.25) is 9.69 Å². The van der Waals surface area contributed by atoms with Crippen molar-refractivity contribution in [2.24, 2.45) is 5.92 Å². The Morgan fingerprint density at radius 3 is 2.59 bits per heavy atom. The lowest BCUT2D eigenvalue weighted by Gasteiger charge is -2.27. The van der Waals surface area contributed by atoms with Gasteiger partial charge in [0.05, 0.1) is 0 Å². The zero-order valence-corrected chi connectivity index (χ0v) is 14.3. The third kappa shape index (κ3) is 5.13. The zero-order valence-electron chi connectivity index (χ0n) is 12.7. The van der Waals surface area contributed by atoms with Crippen molar-refractivity contribution in [3.05, 3.63) is 35.4 Å². The lowest BCUT2D eigenvalue weighted by Crippen LogP contribution is -2.48. The summed E-state index contributed by atoms with van der Waals surface area (Å²) in [5.41, 5.74) is 2.03. The van der Waals surface area contributed by atoms with Crippen LogP contribution in [0.4, 0.5) is 0 Å². The second kappa shape index (κ2) is 9.36. The van der Waals surface area contributed by atoms with Crippen molar-refractivity contribution in [3.63, 3.8) is 0 Å². The molecule has 1 aromatic carbocycles. The van der Waals surface area contributed by atoms with E-state index in [4.69, 9.17) is 0 Å². The summed E-state index contributed by atoms with van der Waals surface area (Å²) >= 11 is 0. The lowest BCUT2D eigenvalue weighted by atomic mass is 10.0. The Hall–Kier alpha value is -0.810. The molecule has 22 heavy (non-hydrogen) atoms. The standard InChI is InChI=1S/C16H23N3O.2ClH/c20-16(18-11-14-9-17-10-14)15-5-3-4-13(8-15)12-19-6-1-2-7-19;;/h3-5,8,14,17H,1-2,6-7,9-12H2,(H,18,20);2*1H. The molecule has 2 aliphatic rings. The number of hydrogen-bond acceptors (Lipinski definition) is 3. The molecule has 0 saturated carbocycles. The fourth-order valence-electron chi connectivity index (χ4n) is 2.84. The number of amides is 1. The molecular formula is C16H25Cl2N3O. The van der Waals surface area contributed by atoms with Gasteiger partial charge in [0.25, 0.3) is 5.91 Å². The Bertz CT molecular complexity index is 474. The third-order valence-electron chi connectivity index (χ3n) is 4.21. The molecule has 0 aliphatic carbocycles. The van der Waals surface area contributed by atoms with Crippen molar-refractivity contribution in [2.75, 3.05) is 32.7 Å². The number of nitrogens with one attached hydrogen (secondary N) is 2. The van der Waals surface area contributed by atoms with Crippen LogP contribution in [0.5, 0.6) is 0 Å². The Balaban J connectivity index is 0.00000121. The first-order valence-electron chi connectivity index (χ1n) is 7.61. The molecule has 0 spiro atoms. The summed E-state index contributed by atoms with van der Waals surface area (Å²) in [5, 5.41) is 6.25. The summed E-state index contributed by atoms with van der Waals surface area (Å²) in [6, 6.07) is 8.05. The number of carbonyl (C=O) groups excluding carboxylic acids is 1. The van der Waals surface area contributed by atoms with Crippen LogP contribution in [0.2, 0.25) is 0 Å². The van der Waals surface area contributed by atoms with Crippen LogP contribution < -0.4 is 10.6 Å². The van der Waals surface area contributed by atoms with E-state index in [1.54, 1.807) is 0 Å². The van der Waals surface area contributed by atoms with Gasteiger partial charge in [-0.1, -0.05) is 12.1 Å². The fraction of sp³-hybridized carbons (Fsp3) is 0.562. The van der Waals surface area contributed by atoms with Crippen LogP contribution in [0.1, 0.15) is 28.8 Å². The van der Waals surface area contributed by atoms with Crippen LogP contribution in [0.15, 0.2) is 24.3 Å². The number of hydrogen-bond donors (Lipinski definition) is 2. The first kappa shape index (κ1) is 19.2. The summed E-state index contributed by atoms with van der Waals surface area (Å²) < 4.78 is 0. The quantitative estimate of drug-likeness (QED) is 0.858. The van der Waals surface area contributed by atoms with Crippen LogP contribution in [-0.4, -0.2) is 43.5 Å². The van der Waals surface area contributed by atoms with E-state index in [0.29, 0.717) is 5.92 Å². The van der Waals surface area contributed by atoms with Gasteiger partial charge in [0.15, 0.2) is 0 Å². The molecule has 0 atom stereocenters. The van der Waals surface area contributed by atoms with E-state index >= 15 is 0 Å². The minimum atomic E-state index is 0. The molecule has 2 aliphatic heterocycles. The number of halogens is 2. The van der Waals surface area contributed by atoms with Crippen molar-refractivity contribution in [2.45, 2.75) is 19.4 Å². The van der Waals surface area contributed by atoms with Crippen molar-refractivity contribution in [1.82, 2.24) is 15.5 Å². The van der Waals surface area contributed by atoms with Gasteiger partial charge in [0, 0.05) is 37.7 Å². The van der Waals surface area contributed by atoms with Gasteiger partial charge >= 0.3 is 0 Å². The zero-order chi connectivity index (χ0) is 13.8. The minimum Gasteiger partial charge on any atom is -0.352 e. The monoisotopic (exact) mass is 345 g/mol. The van der Waals surface area contributed by atoms with Crippen molar-refractivity contribution in [3.8, 4) is 0 Å². The Morgan fingerprint density at radius 2 is 1.95 bits per heavy atom. The summed E-state index contributed by atoms with van der Waals surface area (Å²) in [5.74, 6) is 0.659. The van der Waals surface area contributed by atoms with Crippen molar-refractivity contribution < 1.29 is 4.79 Å². The van der Waals surface area contributed by atoms with Crippen LogP contribution >= 0.6 is 24.8 Å². The lowest BCUT2D eigenvalue weighted by molar-refractivity contribution is 0.0942. The van der Waals surface area contributed by atoms with Gasteiger partial charge in [-0.25, -0.2) is 0 Å².